The monoisotopic (exact) mass is 333 g/mol. The van der Waals surface area contributed by atoms with Crippen molar-refractivity contribution in [3.8, 4) is 0 Å². The summed E-state index contributed by atoms with van der Waals surface area (Å²) in [6.07, 6.45) is 1.76. The van der Waals surface area contributed by atoms with Crippen molar-refractivity contribution in [1.82, 2.24) is 4.90 Å². The molecule has 4 atom stereocenters. The average Bonchev–Trinajstić information content (AvgIpc) is 2.92. The number of piperidine rings is 1. The second kappa shape index (κ2) is 4.90. The van der Waals surface area contributed by atoms with E-state index in [2.05, 4.69) is 4.90 Å². The molecule has 4 aliphatic rings. The fraction of sp³-hybridized carbons (Fsp3) is 0.800. The first-order chi connectivity index (χ1) is 10.4. The molecule has 0 aromatic rings. The molecule has 0 radical (unpaired) electrons. The molecule has 2 saturated heterocycles. The van der Waals surface area contributed by atoms with Crippen molar-refractivity contribution in [3.63, 3.8) is 0 Å². The van der Waals surface area contributed by atoms with Gasteiger partial charge in [0, 0.05) is 23.8 Å². The van der Waals surface area contributed by atoms with Crippen LogP contribution in [0.5, 0.6) is 0 Å². The van der Waals surface area contributed by atoms with E-state index >= 15 is 0 Å². The Hall–Kier alpha value is -0.690. The lowest BCUT2D eigenvalue weighted by molar-refractivity contribution is -0.148. The van der Waals surface area contributed by atoms with Crippen molar-refractivity contribution < 1.29 is 22.7 Å². The van der Waals surface area contributed by atoms with Crippen LogP contribution in [0.25, 0.3) is 0 Å². The van der Waals surface area contributed by atoms with E-state index in [9.17, 15) is 18.0 Å². The van der Waals surface area contributed by atoms with Gasteiger partial charge in [-0.25, -0.2) is 4.79 Å². The summed E-state index contributed by atoms with van der Waals surface area (Å²) in [6, 6.07) is 0.265. The van der Waals surface area contributed by atoms with Crippen molar-refractivity contribution in [2.45, 2.75) is 61.2 Å². The first-order valence-electron chi connectivity index (χ1n) is 7.77. The third-order valence-corrected chi connectivity index (χ3v) is 6.85. The normalized spacial score (nSPS) is 41.0. The fourth-order valence-corrected chi connectivity index (χ4v) is 5.89. The molecule has 3 aliphatic heterocycles. The number of carbonyl (C=O) groups is 1. The Morgan fingerprint density at radius 3 is 3.00 bits per heavy atom. The van der Waals surface area contributed by atoms with E-state index in [1.54, 1.807) is 0 Å². The molecule has 122 valence electrons. The van der Waals surface area contributed by atoms with E-state index in [0.717, 1.165) is 43.1 Å². The SMILES string of the molecule is O=C1C=C2C[C@H](SCC(F)(F)F)[C@@H]3C[C@@]2(O1)[C@H]1CCCCN31. The van der Waals surface area contributed by atoms with E-state index < -0.39 is 17.5 Å². The number of fused-ring (bicyclic) bond motifs is 3. The standard InChI is InChI=1S/C15H18F3NO2S/c16-15(17,18)8-22-11-5-9-6-13(20)21-14(9)7-10(11)19-4-2-1-3-12(14)19/h6,10-12H,1-5,7-8H2/t10-,11-,12+,14-/m0/s1. The molecular formula is C15H18F3NO2S. The minimum atomic E-state index is -4.14. The van der Waals surface area contributed by atoms with Gasteiger partial charge in [0.25, 0.3) is 0 Å². The van der Waals surface area contributed by atoms with Gasteiger partial charge in [0.2, 0.25) is 0 Å². The number of alkyl halides is 3. The lowest BCUT2D eigenvalue weighted by Gasteiger charge is -2.38. The smallest absolute Gasteiger partial charge is 0.397 e. The number of nitrogens with zero attached hydrogens (tertiary/aromatic N) is 1. The van der Waals surface area contributed by atoms with Gasteiger partial charge in [-0.05, 0) is 31.4 Å². The molecular weight excluding hydrogens is 315 g/mol. The highest BCUT2D eigenvalue weighted by molar-refractivity contribution is 8.00. The summed E-state index contributed by atoms with van der Waals surface area (Å²) in [5.41, 5.74) is 0.403. The first kappa shape index (κ1) is 14.9. The molecule has 0 aromatic carbocycles. The quantitative estimate of drug-likeness (QED) is 0.727. The van der Waals surface area contributed by atoms with Crippen molar-refractivity contribution in [2.75, 3.05) is 12.3 Å². The number of esters is 1. The Balaban J connectivity index is 1.63. The molecule has 1 saturated carbocycles. The van der Waals surface area contributed by atoms with Crippen molar-refractivity contribution in [2.24, 2.45) is 0 Å². The Bertz CT molecular complexity index is 535. The molecule has 1 aliphatic carbocycles. The minimum Gasteiger partial charge on any atom is -0.450 e. The van der Waals surface area contributed by atoms with Gasteiger partial charge >= 0.3 is 12.1 Å². The van der Waals surface area contributed by atoms with E-state index in [-0.39, 0.29) is 23.3 Å². The van der Waals surface area contributed by atoms with Crippen LogP contribution in [0.1, 0.15) is 32.1 Å². The summed E-state index contributed by atoms with van der Waals surface area (Å²) in [5, 5.41) is -0.0985. The van der Waals surface area contributed by atoms with Crippen molar-refractivity contribution >= 4 is 17.7 Å². The fourth-order valence-electron chi connectivity index (χ4n) is 4.71. The molecule has 3 nitrogen and oxygen atoms in total. The van der Waals surface area contributed by atoms with E-state index in [1.165, 1.54) is 6.08 Å². The molecule has 4 rings (SSSR count). The summed E-state index contributed by atoms with van der Waals surface area (Å²) < 4.78 is 43.5. The molecule has 0 amide bonds. The Labute approximate surface area is 131 Å². The zero-order chi connectivity index (χ0) is 15.5. The lowest BCUT2D eigenvalue weighted by atomic mass is 9.77. The lowest BCUT2D eigenvalue weighted by Crippen LogP contribution is -2.48. The van der Waals surface area contributed by atoms with Gasteiger partial charge in [0.1, 0.15) is 0 Å². The van der Waals surface area contributed by atoms with Crippen LogP contribution < -0.4 is 0 Å². The van der Waals surface area contributed by atoms with Crippen LogP contribution in [0.2, 0.25) is 0 Å². The van der Waals surface area contributed by atoms with Crippen LogP contribution in [0.15, 0.2) is 11.6 Å². The minimum absolute atomic E-state index is 0.0979. The van der Waals surface area contributed by atoms with Crippen molar-refractivity contribution in [1.29, 1.82) is 0 Å². The largest absolute Gasteiger partial charge is 0.450 e. The molecule has 3 fully saturated rings. The molecule has 3 heterocycles. The van der Waals surface area contributed by atoms with Gasteiger partial charge in [0.05, 0.1) is 11.8 Å². The number of hydrogen-bond donors (Lipinski definition) is 0. The van der Waals surface area contributed by atoms with Crippen LogP contribution in [0.4, 0.5) is 13.2 Å². The molecule has 1 spiro atoms. The van der Waals surface area contributed by atoms with E-state index in [4.69, 9.17) is 4.74 Å². The number of hydrogen-bond acceptors (Lipinski definition) is 4. The van der Waals surface area contributed by atoms with Crippen LogP contribution in [0.3, 0.4) is 0 Å². The molecule has 0 unspecified atom stereocenters. The van der Waals surface area contributed by atoms with Crippen LogP contribution in [-0.2, 0) is 9.53 Å². The molecule has 22 heavy (non-hydrogen) atoms. The molecule has 0 N–H and O–H groups in total. The third kappa shape index (κ3) is 2.19. The van der Waals surface area contributed by atoms with E-state index in [0.29, 0.717) is 12.8 Å². The van der Waals surface area contributed by atoms with Gasteiger partial charge in [-0.3, -0.25) is 4.90 Å². The predicted molar refractivity (Wildman–Crippen MR) is 76.6 cm³/mol. The summed E-state index contributed by atoms with van der Waals surface area (Å²) in [4.78, 5) is 14.1. The number of carbonyl (C=O) groups excluding carboxylic acids is 1. The Kier molecular flexibility index (Phi) is 3.31. The summed E-state index contributed by atoms with van der Waals surface area (Å²) in [5.74, 6) is -1.13. The molecule has 2 bridgehead atoms. The van der Waals surface area contributed by atoms with Gasteiger partial charge < -0.3 is 4.74 Å². The number of thioether (sulfide) groups is 1. The second-order valence-corrected chi connectivity index (χ2v) is 7.90. The topological polar surface area (TPSA) is 29.5 Å². The third-order valence-electron chi connectivity index (χ3n) is 5.45. The maximum Gasteiger partial charge on any atom is 0.397 e. The van der Waals surface area contributed by atoms with Gasteiger partial charge in [-0.1, -0.05) is 6.42 Å². The van der Waals surface area contributed by atoms with E-state index in [1.807, 2.05) is 0 Å². The Morgan fingerprint density at radius 1 is 1.41 bits per heavy atom. The Morgan fingerprint density at radius 2 is 2.23 bits per heavy atom. The zero-order valence-electron chi connectivity index (χ0n) is 12.1. The number of ether oxygens (including phenoxy) is 1. The van der Waals surface area contributed by atoms with Gasteiger partial charge in [-0.2, -0.15) is 13.2 Å². The summed E-state index contributed by atoms with van der Waals surface area (Å²) in [6.45, 7) is 0.908. The molecule has 0 aromatic heterocycles. The van der Waals surface area contributed by atoms with Crippen LogP contribution in [-0.4, -0.2) is 52.3 Å². The molecule has 7 heteroatoms. The zero-order valence-corrected chi connectivity index (χ0v) is 12.9. The predicted octanol–water partition coefficient (Wildman–Crippen LogP) is 2.90. The van der Waals surface area contributed by atoms with Gasteiger partial charge in [0.15, 0.2) is 5.60 Å². The maximum absolute atomic E-state index is 12.6. The highest BCUT2D eigenvalue weighted by atomic mass is 32.2. The number of rotatable bonds is 2. The maximum atomic E-state index is 12.6. The van der Waals surface area contributed by atoms with Crippen LogP contribution >= 0.6 is 11.8 Å². The average molecular weight is 333 g/mol. The van der Waals surface area contributed by atoms with Crippen molar-refractivity contribution in [3.05, 3.63) is 11.6 Å². The highest BCUT2D eigenvalue weighted by Gasteiger charge is 2.63. The highest BCUT2D eigenvalue weighted by Crippen LogP contribution is 2.56. The van der Waals surface area contributed by atoms with Gasteiger partial charge in [-0.15, -0.1) is 11.8 Å². The second-order valence-electron chi connectivity index (χ2n) is 6.67. The summed E-state index contributed by atoms with van der Waals surface area (Å²) in [7, 11) is 0. The summed E-state index contributed by atoms with van der Waals surface area (Å²) >= 11 is 0.992. The first-order valence-corrected chi connectivity index (χ1v) is 8.82. The number of halogens is 3. The van der Waals surface area contributed by atoms with Crippen LogP contribution in [0, 0.1) is 0 Å².